The van der Waals surface area contributed by atoms with Crippen LogP contribution in [0.2, 0.25) is 0 Å². The zero-order valence-electron chi connectivity index (χ0n) is 45.3. The van der Waals surface area contributed by atoms with Gasteiger partial charge in [0.05, 0.1) is 97.0 Å². The zero-order valence-corrected chi connectivity index (χ0v) is 45.3. The Hall–Kier alpha value is -6.06. The van der Waals surface area contributed by atoms with Gasteiger partial charge in [-0.05, 0) is 53.8 Å². The lowest BCUT2D eigenvalue weighted by Gasteiger charge is -2.49. The van der Waals surface area contributed by atoms with E-state index in [9.17, 15) is 9.59 Å². The fourth-order valence-electron chi connectivity index (χ4n) is 10.3. The van der Waals surface area contributed by atoms with Gasteiger partial charge in [0.15, 0.2) is 18.4 Å². The van der Waals surface area contributed by atoms with Crippen molar-refractivity contribution in [2.24, 2.45) is 0 Å². The Bertz CT molecular complexity index is 2780. The number of fused-ring (bicyclic) bond motifs is 2. The van der Waals surface area contributed by atoms with Crippen molar-refractivity contribution < 1.29 is 71.2 Å². The first-order valence-electron chi connectivity index (χ1n) is 27.5. The summed E-state index contributed by atoms with van der Waals surface area (Å²) in [4.78, 5) is 26.9. The first-order chi connectivity index (χ1) is 39.3. The van der Waals surface area contributed by atoms with Crippen molar-refractivity contribution in [3.63, 3.8) is 0 Å². The molecule has 0 radical (unpaired) electrons. The van der Waals surface area contributed by atoms with Gasteiger partial charge in [0.2, 0.25) is 0 Å². The average Bonchev–Trinajstić information content (AvgIpc) is 4.00. The van der Waals surface area contributed by atoms with Crippen LogP contribution in [-0.2, 0) is 94.6 Å². The van der Waals surface area contributed by atoms with Crippen molar-refractivity contribution in [3.05, 3.63) is 215 Å². The number of hydrogen-bond donors (Lipinski definition) is 0. The topological polar surface area (TPSA) is 157 Å². The number of ether oxygens (including phenoxy) is 13. The van der Waals surface area contributed by atoms with Gasteiger partial charge in [-0.1, -0.05) is 164 Å². The molecule has 6 aromatic carbocycles. The van der Waals surface area contributed by atoms with Crippen LogP contribution < -0.4 is 0 Å². The van der Waals surface area contributed by atoms with Crippen LogP contribution in [0.25, 0.3) is 0 Å². The summed E-state index contributed by atoms with van der Waals surface area (Å²) < 4.78 is 87.1. The fourth-order valence-corrected chi connectivity index (χ4v) is 10.3. The van der Waals surface area contributed by atoms with E-state index in [2.05, 4.69) is 0 Å². The summed E-state index contributed by atoms with van der Waals surface area (Å²) in [6.07, 6.45) is -8.23. The van der Waals surface area contributed by atoms with E-state index in [0.29, 0.717) is 24.3 Å². The van der Waals surface area contributed by atoms with Crippen molar-refractivity contribution in [1.82, 2.24) is 4.90 Å². The van der Waals surface area contributed by atoms with Crippen molar-refractivity contribution in [2.75, 3.05) is 52.8 Å². The van der Waals surface area contributed by atoms with Gasteiger partial charge in [0, 0.05) is 0 Å². The monoisotopic (exact) mass is 1090 g/mol. The van der Waals surface area contributed by atoms with Crippen molar-refractivity contribution >= 4 is 11.8 Å². The van der Waals surface area contributed by atoms with Gasteiger partial charge in [-0.25, -0.2) is 0 Å². The molecule has 2 amide bonds. The normalized spacial score (nSPS) is 25.1. The molecule has 4 aliphatic heterocycles. The molecule has 6 aromatic rings. The van der Waals surface area contributed by atoms with E-state index >= 15 is 0 Å². The minimum absolute atomic E-state index is 0.0646. The summed E-state index contributed by atoms with van der Waals surface area (Å²) in [5.74, 6) is -1.62. The average molecular weight is 1090 g/mol. The Morgan fingerprint density at radius 1 is 0.400 bits per heavy atom. The third kappa shape index (κ3) is 15.3. The summed E-state index contributed by atoms with van der Waals surface area (Å²) in [7, 11) is 0. The lowest BCUT2D eigenvalue weighted by molar-refractivity contribution is -0.368. The zero-order chi connectivity index (χ0) is 54.9. The van der Waals surface area contributed by atoms with Crippen molar-refractivity contribution in [2.45, 2.75) is 114 Å². The van der Waals surface area contributed by atoms with Gasteiger partial charge in [-0.2, -0.15) is 0 Å². The molecule has 422 valence electrons. The molecule has 10 rings (SSSR count). The molecule has 0 bridgehead atoms. The molecule has 4 heterocycles. The predicted molar refractivity (Wildman–Crippen MR) is 293 cm³/mol. The maximum Gasteiger partial charge on any atom is 0.261 e. The lowest BCUT2D eigenvalue weighted by atomic mass is 9.96. The molecule has 0 spiro atoms. The SMILES string of the molecule is CC1(C)O[C@H]2[C@@H](O1)[C@@H](COCc1ccccc1)O[C@@H](O[C@H]1[C@H](OCc3ccccc3)[C@@H](OCc3ccccc3)[C@H](OCCOCCOCCN3C(=O)c4ccccc4C3=O)O[C@@H]1COCc1ccccc1)[C@@H]2OCc1ccccc1. The van der Waals surface area contributed by atoms with E-state index in [1.807, 2.05) is 166 Å². The van der Waals surface area contributed by atoms with Gasteiger partial charge in [0.25, 0.3) is 11.8 Å². The second-order valence-electron chi connectivity index (χ2n) is 20.4. The Kier molecular flexibility index (Phi) is 20.4. The molecular formula is C64H71NO15. The van der Waals surface area contributed by atoms with Crippen LogP contribution in [0.5, 0.6) is 0 Å². The summed E-state index contributed by atoms with van der Waals surface area (Å²) in [5, 5.41) is 0. The Morgan fingerprint density at radius 2 is 0.812 bits per heavy atom. The van der Waals surface area contributed by atoms with Crippen LogP contribution in [0, 0.1) is 0 Å². The Morgan fingerprint density at radius 3 is 1.34 bits per heavy atom. The quantitative estimate of drug-likeness (QED) is 0.0324. The highest BCUT2D eigenvalue weighted by atomic mass is 16.8. The van der Waals surface area contributed by atoms with Gasteiger partial charge < -0.3 is 61.6 Å². The number of carbonyl (C=O) groups is 2. The second kappa shape index (κ2) is 28.6. The third-order valence-corrected chi connectivity index (χ3v) is 14.2. The molecule has 80 heavy (non-hydrogen) atoms. The highest BCUT2D eigenvalue weighted by Gasteiger charge is 2.58. The standard InChI is InChI=1S/C64H71NO15/c1-64(2)79-55-53(44-71-39-46-22-10-4-11-23-46)77-63(59(57(55)80-64)75-42-49-28-16-7-17-29-49)78-54-52(43-70-38-45-20-8-3-9-21-45)76-62(58(74-41-48-26-14-6-15-27-48)56(54)73-40-47-24-12-5-13-25-47)72-37-36-69-35-34-68-33-32-65-60(66)50-30-18-19-31-51(50)61(65)67/h3-31,52-59,62-63H,32-44H2,1-2H3/t52-,53-,54-,55+,56+,57+,58-,59-,62-,63+/m1/s1. The van der Waals surface area contributed by atoms with Crippen LogP contribution in [0.3, 0.4) is 0 Å². The molecule has 3 saturated heterocycles. The molecule has 4 aliphatic rings. The van der Waals surface area contributed by atoms with Crippen LogP contribution in [0.1, 0.15) is 62.4 Å². The third-order valence-electron chi connectivity index (χ3n) is 14.2. The maximum absolute atomic E-state index is 12.8. The van der Waals surface area contributed by atoms with E-state index < -0.39 is 67.2 Å². The van der Waals surface area contributed by atoms with Crippen molar-refractivity contribution in [3.8, 4) is 0 Å². The number of hydrogen-bond acceptors (Lipinski definition) is 15. The fraction of sp³-hybridized carbons (Fsp3) is 0.406. The largest absolute Gasteiger partial charge is 0.377 e. The van der Waals surface area contributed by atoms with Crippen LogP contribution >= 0.6 is 0 Å². The van der Waals surface area contributed by atoms with E-state index in [1.54, 1.807) is 24.3 Å². The smallest absolute Gasteiger partial charge is 0.261 e. The Balaban J connectivity index is 0.904. The summed E-state index contributed by atoms with van der Waals surface area (Å²) in [6.45, 7) is 6.35. The van der Waals surface area contributed by atoms with Crippen LogP contribution in [0.4, 0.5) is 0 Å². The van der Waals surface area contributed by atoms with E-state index in [-0.39, 0.29) is 84.4 Å². The van der Waals surface area contributed by atoms with E-state index in [0.717, 1.165) is 27.8 Å². The molecule has 3 fully saturated rings. The summed E-state index contributed by atoms with van der Waals surface area (Å²) in [5.41, 5.74) is 5.63. The molecule has 0 aromatic heterocycles. The maximum atomic E-state index is 12.8. The number of benzene rings is 6. The summed E-state index contributed by atoms with van der Waals surface area (Å²) in [6, 6.07) is 56.4. The molecule has 0 N–H and O–H groups in total. The van der Waals surface area contributed by atoms with Gasteiger partial charge in [-0.15, -0.1) is 0 Å². The number of nitrogens with zero attached hydrogens (tertiary/aromatic N) is 1. The lowest BCUT2D eigenvalue weighted by Crippen LogP contribution is -2.65. The molecule has 16 heteroatoms. The molecule has 16 nitrogen and oxygen atoms in total. The van der Waals surface area contributed by atoms with E-state index in [4.69, 9.17) is 61.6 Å². The van der Waals surface area contributed by atoms with Crippen LogP contribution in [0.15, 0.2) is 176 Å². The number of amides is 2. The Labute approximate surface area is 467 Å². The molecular weight excluding hydrogens is 1020 g/mol. The highest BCUT2D eigenvalue weighted by molar-refractivity contribution is 6.21. The van der Waals surface area contributed by atoms with Gasteiger partial charge in [0.1, 0.15) is 48.8 Å². The minimum atomic E-state index is -1.08. The molecule has 0 saturated carbocycles. The summed E-state index contributed by atoms with van der Waals surface area (Å²) >= 11 is 0. The highest BCUT2D eigenvalue weighted by Crippen LogP contribution is 2.41. The van der Waals surface area contributed by atoms with E-state index in [1.165, 1.54) is 4.90 Å². The number of rotatable bonds is 29. The second-order valence-corrected chi connectivity index (χ2v) is 20.4. The van der Waals surface area contributed by atoms with Gasteiger partial charge >= 0.3 is 0 Å². The van der Waals surface area contributed by atoms with Crippen molar-refractivity contribution in [1.29, 1.82) is 0 Å². The first-order valence-corrected chi connectivity index (χ1v) is 27.5. The minimum Gasteiger partial charge on any atom is -0.377 e. The predicted octanol–water partition coefficient (Wildman–Crippen LogP) is 8.88. The number of carbonyl (C=O) groups excluding carboxylic acids is 2. The molecule has 10 atom stereocenters. The molecule has 0 aliphatic carbocycles. The van der Waals surface area contributed by atoms with Gasteiger partial charge in [-0.3, -0.25) is 14.5 Å². The first kappa shape index (κ1) is 57.2. The van der Waals surface area contributed by atoms with Crippen LogP contribution in [-0.4, -0.2) is 137 Å². The molecule has 0 unspecified atom stereocenters. The number of imide groups is 1.